The number of pyridine rings is 2. The number of nitriles is 2. The van der Waals surface area contributed by atoms with Gasteiger partial charge in [-0.1, -0.05) is 12.1 Å². The predicted octanol–water partition coefficient (Wildman–Crippen LogP) is 4.12. The van der Waals surface area contributed by atoms with Gasteiger partial charge in [0.15, 0.2) is 11.4 Å². The summed E-state index contributed by atoms with van der Waals surface area (Å²) in [5.41, 5.74) is 3.47. The number of nitrogens with zero attached hydrogens (tertiary/aromatic N) is 8. The van der Waals surface area contributed by atoms with E-state index in [2.05, 4.69) is 29.9 Å². The maximum atomic E-state index is 9.75. The van der Waals surface area contributed by atoms with E-state index in [1.54, 1.807) is 24.8 Å². The van der Waals surface area contributed by atoms with Gasteiger partial charge in [-0.05, 0) is 24.3 Å². The third-order valence-corrected chi connectivity index (χ3v) is 3.39. The zero-order valence-corrected chi connectivity index (χ0v) is 18.4. The summed E-state index contributed by atoms with van der Waals surface area (Å²) in [5.74, 6) is 0. The molecule has 4 aromatic heterocycles. The van der Waals surface area contributed by atoms with Gasteiger partial charge in [0.05, 0.1) is 36.2 Å². The van der Waals surface area contributed by atoms with E-state index in [0.29, 0.717) is 22.8 Å². The van der Waals surface area contributed by atoms with Gasteiger partial charge in [0.2, 0.25) is 0 Å². The molecule has 174 valence electrons. The molecule has 4 rings (SSSR count). The van der Waals surface area contributed by atoms with Crippen LogP contribution in [-0.4, -0.2) is 37.2 Å². The summed E-state index contributed by atoms with van der Waals surface area (Å²) in [5, 5.41) is 17.1. The molecule has 0 unspecified atom stereocenters. The van der Waals surface area contributed by atoms with Gasteiger partial charge in [-0.25, -0.2) is 19.9 Å². The second-order valence-electron chi connectivity index (χ2n) is 5.72. The van der Waals surface area contributed by atoms with Crippen LogP contribution in [-0.2, 0) is 22.4 Å². The van der Waals surface area contributed by atoms with Gasteiger partial charge in [-0.2, -0.15) is 10.5 Å². The van der Waals surface area contributed by atoms with E-state index >= 15 is 0 Å². The third kappa shape index (κ3) is 10.5. The molecular formula is C20H12AgBF4N8. The molecule has 0 fully saturated rings. The Bertz CT molecular complexity index is 1120. The molecule has 0 aliphatic carbocycles. The van der Waals surface area contributed by atoms with E-state index in [9.17, 15) is 17.3 Å². The van der Waals surface area contributed by atoms with Crippen LogP contribution in [0.3, 0.4) is 0 Å². The molecule has 0 N–H and O–H groups in total. The van der Waals surface area contributed by atoms with Crippen molar-refractivity contribution in [3.05, 3.63) is 85.0 Å². The monoisotopic (exact) mass is 558 g/mol. The average Bonchev–Trinajstić information content (AvgIpc) is 2.85. The topological polar surface area (TPSA) is 125 Å². The van der Waals surface area contributed by atoms with Crippen molar-refractivity contribution in [1.82, 2.24) is 29.9 Å². The molecule has 0 saturated carbocycles. The third-order valence-electron chi connectivity index (χ3n) is 3.39. The normalized spacial score (nSPS) is 9.47. The first kappa shape index (κ1) is 28.0. The molecule has 4 heterocycles. The Morgan fingerprint density at radius 1 is 0.559 bits per heavy atom. The number of rotatable bonds is 2. The van der Waals surface area contributed by atoms with Crippen molar-refractivity contribution in [3.63, 3.8) is 0 Å². The first-order valence-electron chi connectivity index (χ1n) is 8.94. The van der Waals surface area contributed by atoms with Crippen molar-refractivity contribution in [2.75, 3.05) is 0 Å². The van der Waals surface area contributed by atoms with Gasteiger partial charge in [0.1, 0.15) is 23.5 Å². The summed E-state index contributed by atoms with van der Waals surface area (Å²) in [6.45, 7) is 0. The summed E-state index contributed by atoms with van der Waals surface area (Å²) in [6.07, 6.45) is 9.33. The van der Waals surface area contributed by atoms with Crippen LogP contribution < -0.4 is 0 Å². The average molecular weight is 559 g/mol. The molecule has 0 aliphatic rings. The maximum Gasteiger partial charge on any atom is 1.00 e. The molecule has 0 bridgehead atoms. The first-order valence-corrected chi connectivity index (χ1v) is 8.94. The molecule has 0 spiro atoms. The van der Waals surface area contributed by atoms with Gasteiger partial charge in [-0.3, -0.25) is 9.97 Å². The second kappa shape index (κ2) is 14.2. The van der Waals surface area contributed by atoms with Crippen LogP contribution in [0.1, 0.15) is 11.4 Å². The molecule has 8 nitrogen and oxygen atoms in total. The maximum absolute atomic E-state index is 9.75. The van der Waals surface area contributed by atoms with E-state index in [1.807, 2.05) is 48.5 Å². The standard InChI is InChI=1S/2C10H6N4.Ag.BF4/c2*11-5-8-6-14-10(7-13-8)9-3-1-2-4-12-9;;2-1(3,4)5/h2*1-4,6-7H;;/q;;+1;-1. The fourth-order valence-electron chi connectivity index (χ4n) is 2.06. The molecule has 0 radical (unpaired) electrons. The van der Waals surface area contributed by atoms with Crippen LogP contribution in [0.5, 0.6) is 0 Å². The minimum atomic E-state index is -6.00. The Labute approximate surface area is 207 Å². The van der Waals surface area contributed by atoms with Crippen LogP contribution in [0.25, 0.3) is 22.8 Å². The number of aromatic nitrogens is 6. The molecule has 0 saturated heterocycles. The van der Waals surface area contributed by atoms with Crippen molar-refractivity contribution < 1.29 is 39.6 Å². The largest absolute Gasteiger partial charge is 1.00 e. The first-order chi connectivity index (χ1) is 15.8. The molecule has 14 heteroatoms. The molecule has 0 atom stereocenters. The van der Waals surface area contributed by atoms with Crippen LogP contribution in [0.2, 0.25) is 0 Å². The quantitative estimate of drug-likeness (QED) is 0.266. The summed E-state index contributed by atoms with van der Waals surface area (Å²) >= 11 is 0. The van der Waals surface area contributed by atoms with Crippen molar-refractivity contribution >= 4 is 7.25 Å². The van der Waals surface area contributed by atoms with Crippen LogP contribution in [0, 0.1) is 22.7 Å². The fraction of sp³-hybridized carbons (Fsp3) is 0. The van der Waals surface area contributed by atoms with Crippen molar-refractivity contribution in [3.8, 4) is 34.9 Å². The minimum absolute atomic E-state index is 0. The van der Waals surface area contributed by atoms with Crippen LogP contribution in [0.4, 0.5) is 17.3 Å². The van der Waals surface area contributed by atoms with Crippen molar-refractivity contribution in [2.45, 2.75) is 0 Å². The van der Waals surface area contributed by atoms with Crippen LogP contribution >= 0.6 is 0 Å². The van der Waals surface area contributed by atoms with E-state index in [1.165, 1.54) is 12.4 Å². The zero-order valence-electron chi connectivity index (χ0n) is 16.9. The molecule has 0 aliphatic heterocycles. The summed E-state index contributed by atoms with van der Waals surface area (Å²) in [4.78, 5) is 24.2. The van der Waals surface area contributed by atoms with Crippen molar-refractivity contribution in [2.24, 2.45) is 0 Å². The summed E-state index contributed by atoms with van der Waals surface area (Å²) in [6, 6.07) is 14.9. The van der Waals surface area contributed by atoms with Crippen LogP contribution in [0.15, 0.2) is 73.6 Å². The Kier molecular flexibility index (Phi) is 11.7. The van der Waals surface area contributed by atoms with Gasteiger partial charge in [0.25, 0.3) is 0 Å². The minimum Gasteiger partial charge on any atom is -0.418 e. The van der Waals surface area contributed by atoms with Gasteiger partial charge >= 0.3 is 29.6 Å². The Balaban J connectivity index is 0.000000278. The van der Waals surface area contributed by atoms with E-state index in [0.717, 1.165) is 11.4 Å². The van der Waals surface area contributed by atoms with Gasteiger partial charge in [-0.15, -0.1) is 0 Å². The Morgan fingerprint density at radius 3 is 1.18 bits per heavy atom. The molecule has 34 heavy (non-hydrogen) atoms. The summed E-state index contributed by atoms with van der Waals surface area (Å²) < 4.78 is 39.0. The van der Waals surface area contributed by atoms with Gasteiger partial charge < -0.3 is 17.3 Å². The molecular weight excluding hydrogens is 547 g/mol. The number of hydrogen-bond donors (Lipinski definition) is 0. The number of halogens is 4. The molecule has 0 amide bonds. The molecule has 0 aromatic carbocycles. The predicted molar refractivity (Wildman–Crippen MR) is 110 cm³/mol. The smallest absolute Gasteiger partial charge is 0.418 e. The SMILES string of the molecule is F[B-](F)(F)F.N#Cc1cnc(-c2ccccn2)cn1.N#Cc1cnc(-c2ccccn2)cn1.[Ag+]. The van der Waals surface area contributed by atoms with Gasteiger partial charge in [0, 0.05) is 12.4 Å². The number of hydrogen-bond acceptors (Lipinski definition) is 8. The Hall–Kier alpha value is -4.03. The van der Waals surface area contributed by atoms with E-state index in [4.69, 9.17) is 10.5 Å². The van der Waals surface area contributed by atoms with E-state index < -0.39 is 7.25 Å². The fourth-order valence-corrected chi connectivity index (χ4v) is 2.06. The summed E-state index contributed by atoms with van der Waals surface area (Å²) in [7, 11) is -6.00. The van der Waals surface area contributed by atoms with E-state index in [-0.39, 0.29) is 22.4 Å². The molecule has 4 aromatic rings. The Morgan fingerprint density at radius 2 is 0.941 bits per heavy atom. The van der Waals surface area contributed by atoms with Crippen molar-refractivity contribution in [1.29, 1.82) is 10.5 Å². The zero-order chi connectivity index (χ0) is 24.1. The second-order valence-corrected chi connectivity index (χ2v) is 5.72.